The number of aromatic carboxylic acids is 1. The number of aliphatic hydroxyl groups excluding tert-OH is 2. The molecule has 6 N–H and O–H groups in total. The number of halogens is 3. The van der Waals surface area contributed by atoms with Crippen molar-refractivity contribution in [2.24, 2.45) is 0 Å². The highest BCUT2D eigenvalue weighted by Crippen LogP contribution is 2.40. The summed E-state index contributed by atoms with van der Waals surface area (Å²) in [5.74, 6) is -1.92. The molecule has 21 heavy (non-hydrogen) atoms. The fraction of sp³-hybridized carbons (Fsp3) is 0.273. The summed E-state index contributed by atoms with van der Waals surface area (Å²) in [5.41, 5.74) is 5.61. The number of carboxylic acid groups (broad SMARTS) is 1. The summed E-state index contributed by atoms with van der Waals surface area (Å²) in [6.45, 7) is -0.696. The predicted octanol–water partition coefficient (Wildman–Crippen LogP) is 1.34. The molecule has 1 aromatic rings. The molecule has 10 heteroatoms. The molecule has 0 bridgehead atoms. The number of nitrogen functional groups attached to an aromatic ring is 1. The van der Waals surface area contributed by atoms with E-state index < -0.39 is 24.6 Å². The summed E-state index contributed by atoms with van der Waals surface area (Å²) < 4.78 is 0.391. The maximum Gasteiger partial charge on any atom is 0.338 e. The van der Waals surface area contributed by atoms with Gasteiger partial charge in [-0.25, -0.2) is 4.79 Å². The van der Waals surface area contributed by atoms with E-state index in [0.29, 0.717) is 0 Å². The third-order valence-corrected chi connectivity index (χ3v) is 4.94. The molecule has 0 saturated heterocycles. The summed E-state index contributed by atoms with van der Waals surface area (Å²) in [6, 6.07) is 0. The molecule has 1 unspecified atom stereocenters. The first-order valence-electron chi connectivity index (χ1n) is 5.48. The van der Waals surface area contributed by atoms with E-state index in [1.807, 2.05) is 0 Å². The molecule has 0 saturated carbocycles. The molecular weight excluding hydrogens is 480 g/mol. The Morgan fingerprint density at radius 2 is 1.67 bits per heavy atom. The molecule has 0 radical (unpaired) electrons. The normalized spacial score (nSPS) is 12.0. The second-order valence-electron chi connectivity index (χ2n) is 3.96. The third kappa shape index (κ3) is 3.95. The van der Waals surface area contributed by atoms with Crippen molar-refractivity contribution in [2.45, 2.75) is 6.10 Å². The number of aliphatic hydroxyl groups is 2. The molecule has 0 aliphatic carbocycles. The van der Waals surface area contributed by atoms with Crippen molar-refractivity contribution in [3.05, 3.63) is 24.5 Å². The summed E-state index contributed by atoms with van der Waals surface area (Å²) in [5, 5.41) is 29.5. The Bertz CT molecular complexity index is 594. The Morgan fingerprint density at radius 3 is 2.14 bits per heavy atom. The second-order valence-corrected chi connectivity index (χ2v) is 6.34. The van der Waals surface area contributed by atoms with Gasteiger partial charge < -0.3 is 26.4 Å². The predicted molar refractivity (Wildman–Crippen MR) is 86.3 cm³/mol. The second kappa shape index (κ2) is 7.54. The van der Waals surface area contributed by atoms with Crippen LogP contribution >= 0.6 is 47.8 Å². The minimum atomic E-state index is -1.27. The van der Waals surface area contributed by atoms with Crippen LogP contribution in [0.3, 0.4) is 0 Å². The summed E-state index contributed by atoms with van der Waals surface area (Å²) in [7, 11) is 0. The van der Waals surface area contributed by atoms with Crippen molar-refractivity contribution in [3.63, 3.8) is 0 Å². The minimum Gasteiger partial charge on any atom is -0.478 e. The van der Waals surface area contributed by atoms with Crippen molar-refractivity contribution >= 4 is 65.4 Å². The maximum absolute atomic E-state index is 12.1. The lowest BCUT2D eigenvalue weighted by Crippen LogP contribution is -2.34. The zero-order valence-electron chi connectivity index (χ0n) is 10.4. The van der Waals surface area contributed by atoms with E-state index in [2.05, 4.69) is 53.1 Å². The number of carboxylic acids is 1. The van der Waals surface area contributed by atoms with Gasteiger partial charge in [0.25, 0.3) is 5.91 Å². The van der Waals surface area contributed by atoms with Crippen LogP contribution in [-0.4, -0.2) is 46.5 Å². The minimum absolute atomic E-state index is 0.0155. The van der Waals surface area contributed by atoms with Gasteiger partial charge in [0.2, 0.25) is 0 Å². The van der Waals surface area contributed by atoms with E-state index >= 15 is 0 Å². The molecule has 7 nitrogen and oxygen atoms in total. The quantitative estimate of drug-likeness (QED) is 0.396. The largest absolute Gasteiger partial charge is 0.478 e. The van der Waals surface area contributed by atoms with Gasteiger partial charge in [-0.05, 0) is 47.8 Å². The van der Waals surface area contributed by atoms with Crippen LogP contribution in [-0.2, 0) is 0 Å². The van der Waals surface area contributed by atoms with Crippen molar-refractivity contribution in [3.8, 4) is 0 Å². The number of carbonyl (C=O) groups excluding carboxylic acids is 1. The number of amides is 1. The molecule has 0 aliphatic heterocycles. The standard InChI is InChI=1S/C11H11Br3N2O5/c12-6-4(10(19)16-1-3(18)2-17)7(13)9(15)8(14)5(6)11(20)21/h3,17-18H,1-2,15H2,(H,16,19)(H,20,21). The first-order chi connectivity index (χ1) is 9.72. The number of benzene rings is 1. The van der Waals surface area contributed by atoms with Gasteiger partial charge in [0.15, 0.2) is 0 Å². The maximum atomic E-state index is 12.1. The van der Waals surface area contributed by atoms with Crippen molar-refractivity contribution < 1.29 is 24.9 Å². The van der Waals surface area contributed by atoms with Gasteiger partial charge in [-0.3, -0.25) is 4.79 Å². The molecular formula is C11H11Br3N2O5. The molecule has 0 aliphatic rings. The lowest BCUT2D eigenvalue weighted by molar-refractivity contribution is 0.0695. The van der Waals surface area contributed by atoms with Gasteiger partial charge >= 0.3 is 5.97 Å². The number of nitrogens with two attached hydrogens (primary N) is 1. The van der Waals surface area contributed by atoms with Crippen molar-refractivity contribution in [1.29, 1.82) is 0 Å². The number of hydrogen-bond donors (Lipinski definition) is 5. The van der Waals surface area contributed by atoms with E-state index in [-0.39, 0.29) is 36.8 Å². The number of rotatable bonds is 5. The zero-order valence-corrected chi connectivity index (χ0v) is 15.1. The Labute approximate surface area is 144 Å². The fourth-order valence-corrected chi connectivity index (χ4v) is 4.12. The summed E-state index contributed by atoms with van der Waals surface area (Å²) in [4.78, 5) is 23.4. The Hall–Kier alpha value is -0.680. The molecule has 1 amide bonds. The molecule has 1 aromatic carbocycles. The molecule has 116 valence electrons. The van der Waals surface area contributed by atoms with Crippen LogP contribution in [0.5, 0.6) is 0 Å². The van der Waals surface area contributed by atoms with E-state index in [9.17, 15) is 19.8 Å². The number of carbonyl (C=O) groups is 2. The Kier molecular flexibility index (Phi) is 6.60. The average molecular weight is 491 g/mol. The van der Waals surface area contributed by atoms with E-state index in [4.69, 9.17) is 10.8 Å². The van der Waals surface area contributed by atoms with Crippen LogP contribution in [0.2, 0.25) is 0 Å². The van der Waals surface area contributed by atoms with Crippen LogP contribution in [0, 0.1) is 0 Å². The average Bonchev–Trinajstić information content (AvgIpc) is 2.42. The Balaban J connectivity index is 3.30. The van der Waals surface area contributed by atoms with Gasteiger partial charge in [0.1, 0.15) is 0 Å². The van der Waals surface area contributed by atoms with Crippen LogP contribution < -0.4 is 11.1 Å². The van der Waals surface area contributed by atoms with Crippen LogP contribution in [0.25, 0.3) is 0 Å². The summed E-state index contributed by atoms with van der Waals surface area (Å²) >= 11 is 9.28. The van der Waals surface area contributed by atoms with Crippen LogP contribution in [0.1, 0.15) is 20.7 Å². The Morgan fingerprint density at radius 1 is 1.14 bits per heavy atom. The number of nitrogens with one attached hydrogen (secondary N) is 1. The van der Waals surface area contributed by atoms with Crippen molar-refractivity contribution in [2.75, 3.05) is 18.9 Å². The topological polar surface area (TPSA) is 133 Å². The molecule has 0 fully saturated rings. The molecule has 0 aromatic heterocycles. The van der Waals surface area contributed by atoms with Gasteiger partial charge in [0, 0.05) is 11.0 Å². The zero-order chi connectivity index (χ0) is 16.3. The lowest BCUT2D eigenvalue weighted by Gasteiger charge is -2.15. The first kappa shape index (κ1) is 18.4. The van der Waals surface area contributed by atoms with E-state index in [0.717, 1.165) is 0 Å². The van der Waals surface area contributed by atoms with Gasteiger partial charge in [-0.1, -0.05) is 0 Å². The molecule has 0 spiro atoms. The number of anilines is 1. The van der Waals surface area contributed by atoms with Crippen LogP contribution in [0.15, 0.2) is 13.4 Å². The first-order valence-corrected chi connectivity index (χ1v) is 7.86. The summed E-state index contributed by atoms with van der Waals surface area (Å²) in [6.07, 6.45) is -1.11. The SMILES string of the molecule is Nc1c(Br)c(C(=O)O)c(Br)c(C(=O)NCC(O)CO)c1Br. The molecule has 1 rings (SSSR count). The van der Waals surface area contributed by atoms with Crippen LogP contribution in [0.4, 0.5) is 5.69 Å². The molecule has 1 atom stereocenters. The van der Waals surface area contributed by atoms with Crippen molar-refractivity contribution in [1.82, 2.24) is 5.32 Å². The smallest absolute Gasteiger partial charge is 0.338 e. The van der Waals surface area contributed by atoms with Gasteiger partial charge in [-0.15, -0.1) is 0 Å². The molecule has 0 heterocycles. The van der Waals surface area contributed by atoms with E-state index in [1.54, 1.807) is 0 Å². The van der Waals surface area contributed by atoms with Gasteiger partial charge in [0.05, 0.1) is 38.5 Å². The third-order valence-electron chi connectivity index (χ3n) is 2.50. The highest BCUT2D eigenvalue weighted by molar-refractivity contribution is 9.11. The van der Waals surface area contributed by atoms with E-state index in [1.165, 1.54) is 0 Å². The number of hydrogen-bond acceptors (Lipinski definition) is 5. The van der Waals surface area contributed by atoms with Gasteiger partial charge in [-0.2, -0.15) is 0 Å². The lowest BCUT2D eigenvalue weighted by atomic mass is 10.1. The highest BCUT2D eigenvalue weighted by atomic mass is 79.9. The highest BCUT2D eigenvalue weighted by Gasteiger charge is 2.26. The monoisotopic (exact) mass is 488 g/mol. The fourth-order valence-electron chi connectivity index (χ4n) is 1.43.